The third-order valence-electron chi connectivity index (χ3n) is 5.00. The second-order valence-corrected chi connectivity index (χ2v) is 10.7. The van der Waals surface area contributed by atoms with Gasteiger partial charge < -0.3 is 5.11 Å². The molecule has 140 valence electrons. The fourth-order valence-corrected chi connectivity index (χ4v) is 7.53. The normalized spacial score (nSPS) is 25.8. The molecule has 6 nitrogen and oxygen atoms in total. The van der Waals surface area contributed by atoms with Gasteiger partial charge in [-0.2, -0.15) is 0 Å². The minimum atomic E-state index is -3.20. The van der Waals surface area contributed by atoms with Gasteiger partial charge in [0.15, 0.2) is 20.8 Å². The first-order valence-corrected chi connectivity index (χ1v) is 11.8. The number of benzene rings is 1. The maximum Gasteiger partial charge on any atom is 0.192 e. The monoisotopic (exact) mass is 413 g/mol. The molecule has 2 fully saturated rings. The number of sulfone groups is 1. The van der Waals surface area contributed by atoms with Crippen LogP contribution in [-0.2, 0) is 9.84 Å². The van der Waals surface area contributed by atoms with Crippen LogP contribution in [0.4, 0.5) is 0 Å². The van der Waals surface area contributed by atoms with Crippen LogP contribution in [0.5, 0.6) is 0 Å². The molecule has 1 aromatic carbocycles. The molecule has 1 aliphatic carbocycles. The van der Waals surface area contributed by atoms with E-state index in [4.69, 9.17) is 11.6 Å². The molecule has 2 atom stereocenters. The maximum absolute atomic E-state index is 11.8. The highest BCUT2D eigenvalue weighted by molar-refractivity contribution is 8.01. The number of halogens is 1. The number of aliphatic hydroxyl groups is 1. The number of rotatable bonds is 4. The van der Waals surface area contributed by atoms with E-state index in [1.54, 1.807) is 0 Å². The largest absolute Gasteiger partial charge is 0.391 e. The lowest BCUT2D eigenvalue weighted by Gasteiger charge is -2.19. The van der Waals surface area contributed by atoms with E-state index in [2.05, 4.69) is 14.8 Å². The van der Waals surface area contributed by atoms with Crippen molar-refractivity contribution < 1.29 is 13.5 Å². The van der Waals surface area contributed by atoms with E-state index >= 15 is 0 Å². The zero-order valence-corrected chi connectivity index (χ0v) is 16.5. The van der Waals surface area contributed by atoms with E-state index < -0.39 is 21.2 Å². The van der Waals surface area contributed by atoms with Crippen molar-refractivity contribution in [2.24, 2.45) is 0 Å². The highest BCUT2D eigenvalue weighted by Crippen LogP contribution is 2.40. The number of thioether (sulfide) groups is 1. The van der Waals surface area contributed by atoms with Crippen molar-refractivity contribution in [3.05, 3.63) is 29.3 Å². The summed E-state index contributed by atoms with van der Waals surface area (Å²) in [6.07, 6.45) is 3.50. The second kappa shape index (κ2) is 7.14. The lowest BCUT2D eigenvalue weighted by molar-refractivity contribution is 0.207. The van der Waals surface area contributed by atoms with Gasteiger partial charge in [0.1, 0.15) is 0 Å². The third-order valence-corrected chi connectivity index (χ3v) is 8.53. The standard InChI is InChI=1S/C17H20ClN3O3S2/c18-13-8-4-3-7-12(13)16-19-20-17(21(16)11-5-1-2-6-11)25-15-10-26(23,24)9-14(15)22/h3-4,7-8,11,14-15,22H,1-2,5-6,9-10H2/t14-,15-/m1/s1. The zero-order valence-electron chi connectivity index (χ0n) is 14.1. The van der Waals surface area contributed by atoms with Crippen molar-refractivity contribution in [3.63, 3.8) is 0 Å². The fourth-order valence-electron chi connectivity index (χ4n) is 3.72. The molecule has 1 aliphatic heterocycles. The summed E-state index contributed by atoms with van der Waals surface area (Å²) in [7, 11) is -3.20. The first-order chi connectivity index (χ1) is 12.4. The molecule has 1 saturated heterocycles. The topological polar surface area (TPSA) is 85.1 Å². The van der Waals surface area contributed by atoms with Crippen LogP contribution >= 0.6 is 23.4 Å². The minimum Gasteiger partial charge on any atom is -0.391 e. The first-order valence-electron chi connectivity index (χ1n) is 8.69. The van der Waals surface area contributed by atoms with Gasteiger partial charge in [-0.15, -0.1) is 10.2 Å². The Morgan fingerprint density at radius 2 is 1.88 bits per heavy atom. The molecular formula is C17H20ClN3O3S2. The molecule has 9 heteroatoms. The predicted octanol–water partition coefficient (Wildman–Crippen LogP) is 2.96. The van der Waals surface area contributed by atoms with Crippen molar-refractivity contribution in [2.75, 3.05) is 11.5 Å². The van der Waals surface area contributed by atoms with Crippen LogP contribution in [0.25, 0.3) is 11.4 Å². The summed E-state index contributed by atoms with van der Waals surface area (Å²) in [6.45, 7) is 0. The van der Waals surface area contributed by atoms with Gasteiger partial charge in [0, 0.05) is 11.6 Å². The van der Waals surface area contributed by atoms with Gasteiger partial charge in [-0.05, 0) is 25.0 Å². The van der Waals surface area contributed by atoms with Gasteiger partial charge in [-0.3, -0.25) is 4.57 Å². The van der Waals surface area contributed by atoms with Gasteiger partial charge >= 0.3 is 0 Å². The molecule has 2 aromatic rings. The Hall–Kier alpha value is -1.09. The molecular weight excluding hydrogens is 394 g/mol. The molecule has 2 heterocycles. The van der Waals surface area contributed by atoms with E-state index in [-0.39, 0.29) is 17.5 Å². The summed E-state index contributed by atoms with van der Waals surface area (Å²) in [5.74, 6) is 0.498. The maximum atomic E-state index is 11.8. The van der Waals surface area contributed by atoms with E-state index in [0.717, 1.165) is 31.2 Å². The van der Waals surface area contributed by atoms with Crippen molar-refractivity contribution in [3.8, 4) is 11.4 Å². The van der Waals surface area contributed by atoms with Crippen LogP contribution in [0.15, 0.2) is 29.4 Å². The van der Waals surface area contributed by atoms with Crippen molar-refractivity contribution >= 4 is 33.2 Å². The predicted molar refractivity (Wildman–Crippen MR) is 102 cm³/mol. The molecule has 2 aliphatic rings. The van der Waals surface area contributed by atoms with Crippen molar-refractivity contribution in [1.82, 2.24) is 14.8 Å². The average Bonchev–Trinajstić information content (AvgIpc) is 3.28. The summed E-state index contributed by atoms with van der Waals surface area (Å²) >= 11 is 7.68. The summed E-state index contributed by atoms with van der Waals surface area (Å²) in [5.41, 5.74) is 0.819. The first kappa shape index (κ1) is 18.3. The number of aliphatic hydroxyl groups excluding tert-OH is 1. The second-order valence-electron chi connectivity index (χ2n) is 6.89. The van der Waals surface area contributed by atoms with E-state index in [0.29, 0.717) is 16.0 Å². The third kappa shape index (κ3) is 3.52. The van der Waals surface area contributed by atoms with Crippen LogP contribution in [0, 0.1) is 0 Å². The molecule has 1 aromatic heterocycles. The lowest BCUT2D eigenvalue weighted by Crippen LogP contribution is -2.21. The van der Waals surface area contributed by atoms with Crippen LogP contribution in [0.3, 0.4) is 0 Å². The lowest BCUT2D eigenvalue weighted by atomic mass is 10.2. The van der Waals surface area contributed by atoms with Crippen LogP contribution < -0.4 is 0 Å². The van der Waals surface area contributed by atoms with Crippen LogP contribution in [0.1, 0.15) is 31.7 Å². The average molecular weight is 414 g/mol. The van der Waals surface area contributed by atoms with E-state index in [1.165, 1.54) is 11.8 Å². The molecule has 0 radical (unpaired) electrons. The van der Waals surface area contributed by atoms with E-state index in [1.807, 2.05) is 24.3 Å². The highest BCUT2D eigenvalue weighted by Gasteiger charge is 2.39. The summed E-state index contributed by atoms with van der Waals surface area (Å²) in [6, 6.07) is 7.80. The van der Waals surface area contributed by atoms with Crippen molar-refractivity contribution in [1.29, 1.82) is 0 Å². The van der Waals surface area contributed by atoms with Crippen molar-refractivity contribution in [2.45, 2.75) is 48.2 Å². The summed E-state index contributed by atoms with van der Waals surface area (Å²) < 4.78 is 25.7. The molecule has 4 rings (SSSR count). The van der Waals surface area contributed by atoms with Gasteiger partial charge in [0.2, 0.25) is 0 Å². The highest BCUT2D eigenvalue weighted by atomic mass is 35.5. The van der Waals surface area contributed by atoms with Gasteiger partial charge in [0.05, 0.1) is 27.9 Å². The van der Waals surface area contributed by atoms with Gasteiger partial charge in [-0.25, -0.2) is 8.42 Å². The Morgan fingerprint density at radius 1 is 1.15 bits per heavy atom. The Balaban J connectivity index is 1.72. The Bertz CT molecular complexity index is 910. The quantitative estimate of drug-likeness (QED) is 0.829. The smallest absolute Gasteiger partial charge is 0.192 e. The Labute approximate surface area is 161 Å². The molecule has 1 saturated carbocycles. The van der Waals surface area contributed by atoms with Crippen LogP contribution in [0.2, 0.25) is 5.02 Å². The number of hydrogen-bond acceptors (Lipinski definition) is 6. The number of hydrogen-bond donors (Lipinski definition) is 1. The molecule has 26 heavy (non-hydrogen) atoms. The molecule has 0 unspecified atom stereocenters. The fraction of sp³-hybridized carbons (Fsp3) is 0.529. The number of nitrogens with zero attached hydrogens (tertiary/aromatic N) is 3. The molecule has 0 spiro atoms. The van der Waals surface area contributed by atoms with Gasteiger partial charge in [0.25, 0.3) is 0 Å². The Kier molecular flexibility index (Phi) is 5.02. The van der Waals surface area contributed by atoms with Gasteiger partial charge in [-0.1, -0.05) is 48.3 Å². The Morgan fingerprint density at radius 3 is 2.54 bits per heavy atom. The minimum absolute atomic E-state index is 0.0300. The molecule has 0 bridgehead atoms. The SMILES string of the molecule is O=S1(=O)C[C@@H](O)[C@H](Sc2nnc(-c3ccccc3Cl)n2C2CCCC2)C1. The zero-order chi connectivity index (χ0) is 18.3. The molecule has 1 N–H and O–H groups in total. The number of aromatic nitrogens is 3. The van der Waals surface area contributed by atoms with Crippen LogP contribution in [-0.4, -0.2) is 51.1 Å². The molecule has 0 amide bonds. The summed E-state index contributed by atoms with van der Waals surface area (Å²) in [5, 5.41) is 19.7. The summed E-state index contributed by atoms with van der Waals surface area (Å²) in [4.78, 5) is 0. The van der Waals surface area contributed by atoms with E-state index in [9.17, 15) is 13.5 Å².